The minimum Gasteiger partial charge on any atom is -0.481 e. The molecule has 2 heterocycles. The van der Waals surface area contributed by atoms with Crippen LogP contribution in [0.4, 0.5) is 4.39 Å². The van der Waals surface area contributed by atoms with Crippen LogP contribution < -0.4 is 5.32 Å². The molecule has 10 heteroatoms. The number of hydrogen-bond acceptors (Lipinski definition) is 5. The first kappa shape index (κ1) is 25.3. The summed E-state index contributed by atoms with van der Waals surface area (Å²) in [7, 11) is 0. The van der Waals surface area contributed by atoms with Crippen molar-refractivity contribution in [2.75, 3.05) is 19.7 Å². The Labute approximate surface area is 207 Å². The fourth-order valence-electron chi connectivity index (χ4n) is 4.62. The van der Waals surface area contributed by atoms with Crippen LogP contribution in [-0.4, -0.2) is 70.6 Å². The molecule has 3 unspecified atom stereocenters. The zero-order chi connectivity index (χ0) is 25.8. The summed E-state index contributed by atoms with van der Waals surface area (Å²) >= 11 is 0. The van der Waals surface area contributed by atoms with E-state index in [-0.39, 0.29) is 19.0 Å². The highest BCUT2D eigenvalue weighted by atomic mass is 19.1. The highest BCUT2D eigenvalue weighted by Gasteiger charge is 2.45. The van der Waals surface area contributed by atoms with Gasteiger partial charge >= 0.3 is 5.97 Å². The highest BCUT2D eigenvalue weighted by molar-refractivity contribution is 6.00. The number of nitrogens with zero attached hydrogens (tertiary/aromatic N) is 2. The van der Waals surface area contributed by atoms with Crippen molar-refractivity contribution in [2.24, 2.45) is 0 Å². The molecule has 2 aromatic carbocycles. The summed E-state index contributed by atoms with van der Waals surface area (Å²) in [5.74, 6) is -3.17. The molecular formula is C26H28FN3O6. The number of carboxylic acid groups (broad SMARTS) is 1. The van der Waals surface area contributed by atoms with Crippen LogP contribution in [0.3, 0.4) is 0 Å². The molecule has 2 saturated heterocycles. The predicted octanol–water partition coefficient (Wildman–Crippen LogP) is 2.26. The van der Waals surface area contributed by atoms with Crippen molar-refractivity contribution in [3.63, 3.8) is 0 Å². The largest absolute Gasteiger partial charge is 0.481 e. The van der Waals surface area contributed by atoms with E-state index >= 15 is 0 Å². The Morgan fingerprint density at radius 1 is 1.11 bits per heavy atom. The Morgan fingerprint density at radius 2 is 1.83 bits per heavy atom. The molecule has 0 saturated carbocycles. The van der Waals surface area contributed by atoms with Crippen LogP contribution in [0.1, 0.15) is 46.8 Å². The summed E-state index contributed by atoms with van der Waals surface area (Å²) in [5, 5.41) is 12.1. The highest BCUT2D eigenvalue weighted by Crippen LogP contribution is 2.25. The van der Waals surface area contributed by atoms with Crippen LogP contribution in [-0.2, 0) is 19.1 Å². The van der Waals surface area contributed by atoms with Gasteiger partial charge < -0.3 is 25.0 Å². The molecule has 0 bridgehead atoms. The average molecular weight is 498 g/mol. The standard InChI is InChI=1S/C26H28FN3O6/c1-16-4-2-5-18(14-16)25(34)29-11-12-30(26(35)21-6-3-13-36-21)24(29)23(33)28-20(15-22(31)32)17-7-9-19(27)10-8-17/h2,4-5,7-10,14,20-21,24H,3,6,11-13,15H2,1H3,(H,28,33)(H,31,32). The quantitative estimate of drug-likeness (QED) is 0.606. The molecule has 0 aromatic heterocycles. The number of carbonyl (C=O) groups excluding carboxylic acids is 3. The van der Waals surface area contributed by atoms with E-state index in [9.17, 15) is 28.7 Å². The maximum Gasteiger partial charge on any atom is 0.305 e. The van der Waals surface area contributed by atoms with Crippen molar-refractivity contribution in [1.82, 2.24) is 15.1 Å². The molecule has 2 N–H and O–H groups in total. The molecule has 0 spiro atoms. The van der Waals surface area contributed by atoms with E-state index in [4.69, 9.17) is 4.74 Å². The second kappa shape index (κ2) is 10.9. The zero-order valence-electron chi connectivity index (χ0n) is 19.9. The van der Waals surface area contributed by atoms with Gasteiger partial charge in [0.05, 0.1) is 12.5 Å². The van der Waals surface area contributed by atoms with Gasteiger partial charge in [0.15, 0.2) is 6.17 Å². The fraction of sp³-hybridized carbons (Fsp3) is 0.385. The van der Waals surface area contributed by atoms with Gasteiger partial charge in [0.2, 0.25) is 0 Å². The van der Waals surface area contributed by atoms with Crippen LogP contribution in [0, 0.1) is 12.7 Å². The Bertz CT molecular complexity index is 1150. The molecule has 36 heavy (non-hydrogen) atoms. The lowest BCUT2D eigenvalue weighted by Gasteiger charge is -2.32. The Morgan fingerprint density at radius 3 is 2.47 bits per heavy atom. The molecule has 3 amide bonds. The molecule has 190 valence electrons. The summed E-state index contributed by atoms with van der Waals surface area (Å²) in [6.07, 6.45) is -1.20. The van der Waals surface area contributed by atoms with Crippen molar-refractivity contribution in [1.29, 1.82) is 0 Å². The summed E-state index contributed by atoms with van der Waals surface area (Å²) < 4.78 is 19.0. The lowest BCUT2D eigenvalue weighted by atomic mass is 10.0. The topological polar surface area (TPSA) is 116 Å². The number of rotatable bonds is 7. The van der Waals surface area contributed by atoms with E-state index in [1.54, 1.807) is 18.2 Å². The lowest BCUT2D eigenvalue weighted by Crippen LogP contribution is -2.56. The van der Waals surface area contributed by atoms with E-state index in [1.165, 1.54) is 34.1 Å². The third-order valence-corrected chi connectivity index (χ3v) is 6.39. The van der Waals surface area contributed by atoms with E-state index in [0.29, 0.717) is 24.2 Å². The summed E-state index contributed by atoms with van der Waals surface area (Å²) in [6, 6.07) is 11.1. The summed E-state index contributed by atoms with van der Waals surface area (Å²) in [6.45, 7) is 2.55. The van der Waals surface area contributed by atoms with Gasteiger partial charge in [-0.3, -0.25) is 19.2 Å². The van der Waals surface area contributed by atoms with Gasteiger partial charge in [-0.15, -0.1) is 0 Å². The molecule has 0 radical (unpaired) electrons. The van der Waals surface area contributed by atoms with Crippen molar-refractivity contribution in [2.45, 2.75) is 44.5 Å². The van der Waals surface area contributed by atoms with Gasteiger partial charge in [0.25, 0.3) is 17.7 Å². The Kier molecular flexibility index (Phi) is 7.64. The van der Waals surface area contributed by atoms with Crippen molar-refractivity contribution in [3.8, 4) is 0 Å². The van der Waals surface area contributed by atoms with E-state index < -0.39 is 48.3 Å². The third kappa shape index (κ3) is 5.54. The van der Waals surface area contributed by atoms with Gasteiger partial charge in [0.1, 0.15) is 11.9 Å². The van der Waals surface area contributed by atoms with Crippen molar-refractivity contribution in [3.05, 3.63) is 71.0 Å². The molecule has 4 rings (SSSR count). The number of amides is 3. The van der Waals surface area contributed by atoms with Crippen LogP contribution in [0.15, 0.2) is 48.5 Å². The number of aliphatic carboxylic acids is 1. The number of ether oxygens (including phenoxy) is 1. The van der Waals surface area contributed by atoms with E-state index in [0.717, 1.165) is 12.0 Å². The molecule has 9 nitrogen and oxygen atoms in total. The molecule has 2 aliphatic rings. The van der Waals surface area contributed by atoms with Crippen LogP contribution in [0.25, 0.3) is 0 Å². The molecule has 2 aliphatic heterocycles. The van der Waals surface area contributed by atoms with Gasteiger partial charge in [-0.05, 0) is 49.6 Å². The molecule has 2 aromatic rings. The van der Waals surface area contributed by atoms with Crippen LogP contribution in [0.2, 0.25) is 0 Å². The third-order valence-electron chi connectivity index (χ3n) is 6.39. The van der Waals surface area contributed by atoms with Gasteiger partial charge in [0, 0.05) is 25.3 Å². The first-order chi connectivity index (χ1) is 17.2. The lowest BCUT2D eigenvalue weighted by molar-refractivity contribution is -0.148. The summed E-state index contributed by atoms with van der Waals surface area (Å²) in [4.78, 5) is 54.4. The average Bonchev–Trinajstić information content (AvgIpc) is 3.53. The second-order valence-electron chi connectivity index (χ2n) is 8.99. The Hall–Kier alpha value is -3.79. The maximum atomic E-state index is 13.6. The molecular weight excluding hydrogens is 469 g/mol. The normalized spacial score (nSPS) is 20.3. The maximum absolute atomic E-state index is 13.6. The number of hydrogen-bond donors (Lipinski definition) is 2. The number of carbonyl (C=O) groups is 4. The Balaban J connectivity index is 1.64. The van der Waals surface area contributed by atoms with Crippen molar-refractivity contribution >= 4 is 23.7 Å². The summed E-state index contributed by atoms with van der Waals surface area (Å²) in [5.41, 5.74) is 1.63. The minimum absolute atomic E-state index is 0.128. The van der Waals surface area contributed by atoms with Gasteiger partial charge in [-0.25, -0.2) is 4.39 Å². The number of benzene rings is 2. The van der Waals surface area contributed by atoms with Gasteiger partial charge in [-0.2, -0.15) is 0 Å². The number of aryl methyl sites for hydroxylation is 1. The molecule has 0 aliphatic carbocycles. The monoisotopic (exact) mass is 497 g/mol. The molecule has 3 atom stereocenters. The van der Waals surface area contributed by atoms with Crippen LogP contribution >= 0.6 is 0 Å². The van der Waals surface area contributed by atoms with Crippen molar-refractivity contribution < 1.29 is 33.4 Å². The first-order valence-electron chi connectivity index (χ1n) is 11.8. The fourth-order valence-corrected chi connectivity index (χ4v) is 4.62. The van der Waals surface area contributed by atoms with Crippen LogP contribution in [0.5, 0.6) is 0 Å². The van der Waals surface area contributed by atoms with E-state index in [2.05, 4.69) is 5.32 Å². The number of halogens is 1. The van der Waals surface area contributed by atoms with Gasteiger partial charge in [-0.1, -0.05) is 29.8 Å². The zero-order valence-corrected chi connectivity index (χ0v) is 19.9. The first-order valence-corrected chi connectivity index (χ1v) is 11.8. The number of nitrogens with one attached hydrogen (secondary N) is 1. The van der Waals surface area contributed by atoms with E-state index in [1.807, 2.05) is 13.0 Å². The SMILES string of the molecule is Cc1cccc(C(=O)N2CCN(C(=O)C3CCCO3)C2C(=O)NC(CC(=O)O)c2ccc(F)cc2)c1. The number of carboxylic acids is 1. The second-order valence-corrected chi connectivity index (χ2v) is 8.99. The minimum atomic E-state index is -1.29. The molecule has 2 fully saturated rings. The smallest absolute Gasteiger partial charge is 0.305 e. The predicted molar refractivity (Wildman–Crippen MR) is 126 cm³/mol.